The summed E-state index contributed by atoms with van der Waals surface area (Å²) in [5.41, 5.74) is 5.83. The maximum absolute atomic E-state index is 5.30. The van der Waals surface area contributed by atoms with Crippen molar-refractivity contribution in [2.24, 2.45) is 0 Å². The molecule has 0 aromatic heterocycles. The van der Waals surface area contributed by atoms with Crippen LogP contribution in [-0.4, -0.2) is 7.11 Å². The molecule has 0 atom stereocenters. The monoisotopic (exact) mass is 224 g/mol. The van der Waals surface area contributed by atoms with Crippen molar-refractivity contribution in [1.29, 1.82) is 0 Å². The molecule has 0 heterocycles. The molecule has 0 saturated heterocycles. The zero-order valence-electron chi connectivity index (χ0n) is 10.1. The number of benzene rings is 2. The van der Waals surface area contributed by atoms with Crippen molar-refractivity contribution in [2.75, 3.05) is 7.11 Å². The van der Waals surface area contributed by atoms with Gasteiger partial charge < -0.3 is 4.74 Å². The van der Waals surface area contributed by atoms with Gasteiger partial charge in [0.2, 0.25) is 0 Å². The van der Waals surface area contributed by atoms with Crippen LogP contribution in [0.5, 0.6) is 5.75 Å². The van der Waals surface area contributed by atoms with Gasteiger partial charge in [0, 0.05) is 0 Å². The molecule has 3 rings (SSSR count). The van der Waals surface area contributed by atoms with Crippen LogP contribution in [0.25, 0.3) is 0 Å². The van der Waals surface area contributed by atoms with E-state index in [-0.39, 0.29) is 0 Å². The first-order valence-electron chi connectivity index (χ1n) is 6.09. The highest BCUT2D eigenvalue weighted by molar-refractivity contribution is 5.43. The third kappa shape index (κ3) is 1.93. The third-order valence-electron chi connectivity index (χ3n) is 3.58. The lowest BCUT2D eigenvalue weighted by atomic mass is 10.0. The van der Waals surface area contributed by atoms with Crippen molar-refractivity contribution in [3.8, 4) is 5.75 Å². The molecule has 1 aliphatic rings. The Morgan fingerprint density at radius 2 is 1.53 bits per heavy atom. The Bertz CT molecular complexity index is 543. The van der Waals surface area contributed by atoms with Crippen LogP contribution in [0.3, 0.4) is 0 Å². The van der Waals surface area contributed by atoms with Crippen molar-refractivity contribution < 1.29 is 4.74 Å². The Morgan fingerprint density at radius 1 is 0.824 bits per heavy atom. The van der Waals surface area contributed by atoms with E-state index >= 15 is 0 Å². The second kappa shape index (κ2) is 4.25. The first-order chi connectivity index (χ1) is 8.36. The van der Waals surface area contributed by atoms with Gasteiger partial charge in [-0.25, -0.2) is 0 Å². The predicted molar refractivity (Wildman–Crippen MR) is 69.7 cm³/mol. The molecule has 0 radical (unpaired) electrons. The minimum Gasteiger partial charge on any atom is -0.497 e. The molecule has 86 valence electrons. The fourth-order valence-electron chi connectivity index (χ4n) is 2.58. The molecular formula is C16H16O. The lowest BCUT2D eigenvalue weighted by Gasteiger charge is -2.08. The topological polar surface area (TPSA) is 9.23 Å². The summed E-state index contributed by atoms with van der Waals surface area (Å²) in [6.07, 6.45) is 3.30. The zero-order valence-corrected chi connectivity index (χ0v) is 10.1. The van der Waals surface area contributed by atoms with Crippen LogP contribution in [0.15, 0.2) is 42.5 Å². The van der Waals surface area contributed by atoms with E-state index < -0.39 is 0 Å². The lowest BCUT2D eigenvalue weighted by Crippen LogP contribution is -1.93. The zero-order chi connectivity index (χ0) is 11.7. The molecule has 0 unspecified atom stereocenters. The van der Waals surface area contributed by atoms with Crippen molar-refractivity contribution in [3.63, 3.8) is 0 Å². The van der Waals surface area contributed by atoms with E-state index in [0.29, 0.717) is 0 Å². The normalized spacial score (nSPS) is 13.5. The minimum atomic E-state index is 0.967. The number of rotatable bonds is 1. The van der Waals surface area contributed by atoms with Gasteiger partial charge in [0.25, 0.3) is 0 Å². The van der Waals surface area contributed by atoms with E-state index in [9.17, 15) is 0 Å². The van der Waals surface area contributed by atoms with Crippen LogP contribution in [0, 0.1) is 0 Å². The number of aryl methyl sites for hydroxylation is 2. The van der Waals surface area contributed by atoms with Crippen LogP contribution in [-0.2, 0) is 19.3 Å². The van der Waals surface area contributed by atoms with Crippen LogP contribution < -0.4 is 4.74 Å². The van der Waals surface area contributed by atoms with Crippen molar-refractivity contribution in [1.82, 2.24) is 0 Å². The highest BCUT2D eigenvalue weighted by Crippen LogP contribution is 2.26. The Kier molecular flexibility index (Phi) is 2.60. The second-order valence-corrected chi connectivity index (χ2v) is 4.58. The molecule has 17 heavy (non-hydrogen) atoms. The lowest BCUT2D eigenvalue weighted by molar-refractivity contribution is 0.414. The third-order valence-corrected chi connectivity index (χ3v) is 3.58. The average molecular weight is 224 g/mol. The molecule has 0 bridgehead atoms. The van der Waals surface area contributed by atoms with Gasteiger partial charge in [0.05, 0.1) is 7.11 Å². The van der Waals surface area contributed by atoms with E-state index in [1.165, 1.54) is 22.3 Å². The summed E-state index contributed by atoms with van der Waals surface area (Å²) in [4.78, 5) is 0. The van der Waals surface area contributed by atoms with Gasteiger partial charge in [-0.05, 0) is 53.6 Å². The standard InChI is InChI=1S/C16H16O/c1-17-16-9-8-14-10-13-5-3-2-4-12(13)6-7-15(14)11-16/h2-5,8-9,11H,6-7,10H2,1H3. The maximum Gasteiger partial charge on any atom is 0.119 e. The van der Waals surface area contributed by atoms with E-state index in [1.54, 1.807) is 7.11 Å². The largest absolute Gasteiger partial charge is 0.497 e. The fraction of sp³-hybridized carbons (Fsp3) is 0.250. The van der Waals surface area contributed by atoms with E-state index in [4.69, 9.17) is 4.74 Å². The molecule has 1 aliphatic carbocycles. The summed E-state index contributed by atoms with van der Waals surface area (Å²) >= 11 is 0. The highest BCUT2D eigenvalue weighted by atomic mass is 16.5. The molecule has 1 heteroatoms. The van der Waals surface area contributed by atoms with E-state index in [2.05, 4.69) is 42.5 Å². The van der Waals surface area contributed by atoms with E-state index in [1.807, 2.05) is 0 Å². The van der Waals surface area contributed by atoms with Gasteiger partial charge in [-0.1, -0.05) is 30.3 Å². The maximum atomic E-state index is 5.30. The Labute approximate surface area is 102 Å². The van der Waals surface area contributed by atoms with Gasteiger partial charge in [0.1, 0.15) is 5.75 Å². The van der Waals surface area contributed by atoms with Crippen LogP contribution in [0.1, 0.15) is 22.3 Å². The van der Waals surface area contributed by atoms with Gasteiger partial charge in [-0.3, -0.25) is 0 Å². The minimum absolute atomic E-state index is 0.967. The summed E-state index contributed by atoms with van der Waals surface area (Å²) in [6, 6.07) is 15.2. The quantitative estimate of drug-likeness (QED) is 0.721. The summed E-state index contributed by atoms with van der Waals surface area (Å²) in [7, 11) is 1.73. The summed E-state index contributed by atoms with van der Waals surface area (Å²) in [5, 5.41) is 0. The summed E-state index contributed by atoms with van der Waals surface area (Å²) in [6.45, 7) is 0. The smallest absolute Gasteiger partial charge is 0.119 e. The highest BCUT2D eigenvalue weighted by Gasteiger charge is 2.13. The van der Waals surface area contributed by atoms with Gasteiger partial charge in [-0.2, -0.15) is 0 Å². The van der Waals surface area contributed by atoms with Crippen molar-refractivity contribution in [3.05, 3.63) is 64.7 Å². The molecule has 0 spiro atoms. The first-order valence-corrected chi connectivity index (χ1v) is 6.09. The van der Waals surface area contributed by atoms with Crippen molar-refractivity contribution >= 4 is 0 Å². The molecule has 0 saturated carbocycles. The van der Waals surface area contributed by atoms with E-state index in [0.717, 1.165) is 25.0 Å². The molecule has 0 N–H and O–H groups in total. The molecule has 1 nitrogen and oxygen atoms in total. The van der Waals surface area contributed by atoms with Crippen LogP contribution >= 0.6 is 0 Å². The summed E-state index contributed by atoms with van der Waals surface area (Å²) < 4.78 is 5.30. The molecular weight excluding hydrogens is 208 g/mol. The Hall–Kier alpha value is -1.76. The average Bonchev–Trinajstić information content (AvgIpc) is 2.57. The molecule has 0 aliphatic heterocycles. The van der Waals surface area contributed by atoms with Gasteiger partial charge in [0.15, 0.2) is 0 Å². The number of hydrogen-bond donors (Lipinski definition) is 0. The van der Waals surface area contributed by atoms with Crippen LogP contribution in [0.4, 0.5) is 0 Å². The number of hydrogen-bond acceptors (Lipinski definition) is 1. The molecule has 2 aromatic carbocycles. The SMILES string of the molecule is COc1ccc2c(c1)CCc1ccccc1C2. The number of fused-ring (bicyclic) bond motifs is 2. The first kappa shape index (κ1) is 10.4. The fourth-order valence-corrected chi connectivity index (χ4v) is 2.58. The van der Waals surface area contributed by atoms with Crippen molar-refractivity contribution in [2.45, 2.75) is 19.3 Å². The number of ether oxygens (including phenoxy) is 1. The summed E-state index contributed by atoms with van der Waals surface area (Å²) in [5.74, 6) is 0.967. The Balaban J connectivity index is 2.03. The van der Waals surface area contributed by atoms with Gasteiger partial charge >= 0.3 is 0 Å². The number of methoxy groups -OCH3 is 1. The molecule has 0 fully saturated rings. The molecule has 0 amide bonds. The second-order valence-electron chi connectivity index (χ2n) is 4.58. The van der Waals surface area contributed by atoms with Gasteiger partial charge in [-0.15, -0.1) is 0 Å². The predicted octanol–water partition coefficient (Wildman–Crippen LogP) is 3.38. The molecule has 2 aromatic rings. The Morgan fingerprint density at radius 3 is 2.35 bits per heavy atom. The van der Waals surface area contributed by atoms with Crippen LogP contribution in [0.2, 0.25) is 0 Å².